The first-order valence-corrected chi connectivity index (χ1v) is 7.99. The summed E-state index contributed by atoms with van der Waals surface area (Å²) >= 11 is 0. The van der Waals surface area contributed by atoms with Crippen LogP contribution in [-0.4, -0.2) is 43.8 Å². The van der Waals surface area contributed by atoms with Gasteiger partial charge in [-0.15, -0.1) is 0 Å². The highest BCUT2D eigenvalue weighted by atomic mass is 16.2. The summed E-state index contributed by atoms with van der Waals surface area (Å²) in [6.07, 6.45) is 6.99. The molecule has 7 nitrogen and oxygen atoms in total. The van der Waals surface area contributed by atoms with Crippen LogP contribution in [0.3, 0.4) is 0 Å². The number of aromatic amines is 1. The Hall–Kier alpha value is -3.01. The standard InChI is InChI=1S/C17H16N6O/c18-5-3-14(24)23-7-1-2-11(9-23)16-15-12-4-6-19-17(12)20-8-13(15)21-10-22-16/h4,6,8,10-11H,1-3,7,9H2,(H,19,20)/t11-/m1/s1. The minimum atomic E-state index is -0.103. The predicted molar refractivity (Wildman–Crippen MR) is 88.0 cm³/mol. The molecule has 1 atom stereocenters. The monoisotopic (exact) mass is 320 g/mol. The number of hydrogen-bond donors (Lipinski definition) is 1. The molecule has 0 radical (unpaired) electrons. The molecule has 0 bridgehead atoms. The van der Waals surface area contributed by atoms with Crippen molar-refractivity contribution in [3.8, 4) is 6.07 Å². The third-order valence-electron chi connectivity index (χ3n) is 4.61. The Bertz CT molecular complexity index is 957. The van der Waals surface area contributed by atoms with E-state index in [1.807, 2.05) is 18.3 Å². The zero-order chi connectivity index (χ0) is 16.5. The fraction of sp³-hybridized carbons (Fsp3) is 0.353. The number of pyridine rings is 1. The Morgan fingerprint density at radius 2 is 2.33 bits per heavy atom. The van der Waals surface area contributed by atoms with Gasteiger partial charge in [-0.25, -0.2) is 15.0 Å². The number of likely N-dealkylation sites (tertiary alicyclic amines) is 1. The van der Waals surface area contributed by atoms with Gasteiger partial charge in [-0.05, 0) is 18.9 Å². The molecule has 24 heavy (non-hydrogen) atoms. The lowest BCUT2D eigenvalue weighted by atomic mass is 9.91. The first-order chi connectivity index (χ1) is 11.8. The molecule has 1 fully saturated rings. The molecular formula is C17H16N6O. The van der Waals surface area contributed by atoms with Crippen molar-refractivity contribution in [2.45, 2.75) is 25.2 Å². The van der Waals surface area contributed by atoms with Gasteiger partial charge in [0.1, 0.15) is 18.4 Å². The van der Waals surface area contributed by atoms with Crippen molar-refractivity contribution in [3.63, 3.8) is 0 Å². The Morgan fingerprint density at radius 1 is 1.42 bits per heavy atom. The Balaban J connectivity index is 1.77. The van der Waals surface area contributed by atoms with Crippen LogP contribution >= 0.6 is 0 Å². The van der Waals surface area contributed by atoms with Gasteiger partial charge < -0.3 is 9.88 Å². The van der Waals surface area contributed by atoms with Gasteiger partial charge in [-0.3, -0.25) is 4.79 Å². The molecule has 1 saturated heterocycles. The summed E-state index contributed by atoms with van der Waals surface area (Å²) in [6.45, 7) is 1.31. The van der Waals surface area contributed by atoms with E-state index >= 15 is 0 Å². The lowest BCUT2D eigenvalue weighted by Crippen LogP contribution is -2.39. The van der Waals surface area contributed by atoms with Crippen LogP contribution in [0.5, 0.6) is 0 Å². The molecule has 0 unspecified atom stereocenters. The lowest BCUT2D eigenvalue weighted by Gasteiger charge is -2.32. The van der Waals surface area contributed by atoms with Gasteiger partial charge >= 0.3 is 0 Å². The molecule has 3 aromatic rings. The normalized spacial score (nSPS) is 18.0. The van der Waals surface area contributed by atoms with Crippen molar-refractivity contribution < 1.29 is 4.79 Å². The number of carbonyl (C=O) groups excluding carboxylic acids is 1. The minimum Gasteiger partial charge on any atom is -0.346 e. The van der Waals surface area contributed by atoms with E-state index in [4.69, 9.17) is 5.26 Å². The predicted octanol–water partition coefficient (Wildman–Crippen LogP) is 2.13. The summed E-state index contributed by atoms with van der Waals surface area (Å²) in [4.78, 5) is 30.2. The van der Waals surface area contributed by atoms with Crippen LogP contribution in [0.2, 0.25) is 0 Å². The number of amides is 1. The van der Waals surface area contributed by atoms with Crippen molar-refractivity contribution in [1.82, 2.24) is 24.8 Å². The van der Waals surface area contributed by atoms with E-state index in [0.29, 0.717) is 13.1 Å². The summed E-state index contributed by atoms with van der Waals surface area (Å²) in [5.41, 5.74) is 2.58. The number of H-pyrrole nitrogens is 1. The summed E-state index contributed by atoms with van der Waals surface area (Å²) < 4.78 is 0. The molecule has 4 heterocycles. The molecule has 7 heteroatoms. The van der Waals surface area contributed by atoms with E-state index in [9.17, 15) is 4.79 Å². The van der Waals surface area contributed by atoms with Crippen molar-refractivity contribution in [2.75, 3.05) is 13.1 Å². The second kappa shape index (κ2) is 5.89. The second-order valence-corrected chi connectivity index (χ2v) is 6.03. The molecule has 120 valence electrons. The maximum atomic E-state index is 12.1. The molecule has 0 aromatic carbocycles. The van der Waals surface area contributed by atoms with Gasteiger partial charge in [0.05, 0.1) is 23.5 Å². The number of rotatable bonds is 2. The first-order valence-electron chi connectivity index (χ1n) is 7.99. The summed E-state index contributed by atoms with van der Waals surface area (Å²) in [6, 6.07) is 3.93. The summed E-state index contributed by atoms with van der Waals surface area (Å²) in [5, 5.41) is 10.8. The third-order valence-corrected chi connectivity index (χ3v) is 4.61. The number of nitrogens with one attached hydrogen (secondary N) is 1. The number of carbonyl (C=O) groups is 1. The van der Waals surface area contributed by atoms with Crippen molar-refractivity contribution in [3.05, 3.63) is 30.5 Å². The number of piperidine rings is 1. The molecule has 0 spiro atoms. The maximum absolute atomic E-state index is 12.1. The van der Waals surface area contributed by atoms with Crippen molar-refractivity contribution >= 4 is 27.8 Å². The number of hydrogen-bond acceptors (Lipinski definition) is 5. The zero-order valence-corrected chi connectivity index (χ0v) is 13.1. The van der Waals surface area contributed by atoms with E-state index in [-0.39, 0.29) is 18.2 Å². The van der Waals surface area contributed by atoms with Crippen LogP contribution in [0.15, 0.2) is 24.8 Å². The number of aromatic nitrogens is 4. The molecule has 3 aromatic heterocycles. The summed E-state index contributed by atoms with van der Waals surface area (Å²) in [7, 11) is 0. The zero-order valence-electron chi connectivity index (χ0n) is 13.1. The van der Waals surface area contributed by atoms with Crippen LogP contribution in [0.1, 0.15) is 30.9 Å². The quantitative estimate of drug-likeness (QED) is 0.780. The molecule has 1 N–H and O–H groups in total. The molecular weight excluding hydrogens is 304 g/mol. The van der Waals surface area contributed by atoms with Crippen LogP contribution in [-0.2, 0) is 4.79 Å². The molecule has 4 rings (SSSR count). The fourth-order valence-electron chi connectivity index (χ4n) is 3.50. The largest absolute Gasteiger partial charge is 0.346 e. The minimum absolute atomic E-state index is 0.0663. The highest BCUT2D eigenvalue weighted by Crippen LogP contribution is 2.33. The fourth-order valence-corrected chi connectivity index (χ4v) is 3.50. The average Bonchev–Trinajstić information content (AvgIpc) is 3.10. The van der Waals surface area contributed by atoms with Gasteiger partial charge in [0.15, 0.2) is 0 Å². The molecule has 1 aliphatic heterocycles. The van der Waals surface area contributed by atoms with Gasteiger partial charge in [0.2, 0.25) is 5.91 Å². The molecule has 0 saturated carbocycles. The highest BCUT2D eigenvalue weighted by Gasteiger charge is 2.27. The van der Waals surface area contributed by atoms with Gasteiger partial charge in [-0.2, -0.15) is 5.26 Å². The van der Waals surface area contributed by atoms with Gasteiger partial charge in [-0.1, -0.05) is 0 Å². The SMILES string of the molecule is N#CCC(=O)N1CCC[C@@H](c2ncnc3cnc4[nH]ccc4c23)C1. The highest BCUT2D eigenvalue weighted by molar-refractivity contribution is 6.04. The smallest absolute Gasteiger partial charge is 0.236 e. The van der Waals surface area contributed by atoms with E-state index in [1.165, 1.54) is 0 Å². The third kappa shape index (κ3) is 2.36. The maximum Gasteiger partial charge on any atom is 0.236 e. The van der Waals surface area contributed by atoms with Gasteiger partial charge in [0.25, 0.3) is 0 Å². The number of fused-ring (bicyclic) bond motifs is 3. The number of nitrogens with zero attached hydrogens (tertiary/aromatic N) is 5. The summed E-state index contributed by atoms with van der Waals surface area (Å²) in [5.74, 6) is 0.0430. The van der Waals surface area contributed by atoms with Crippen LogP contribution < -0.4 is 0 Å². The van der Waals surface area contributed by atoms with Crippen LogP contribution in [0.4, 0.5) is 0 Å². The average molecular weight is 320 g/mol. The molecule has 0 aliphatic carbocycles. The Morgan fingerprint density at radius 3 is 3.21 bits per heavy atom. The van der Waals surface area contributed by atoms with Crippen molar-refractivity contribution in [1.29, 1.82) is 5.26 Å². The van der Waals surface area contributed by atoms with Crippen LogP contribution in [0, 0.1) is 11.3 Å². The van der Waals surface area contributed by atoms with E-state index < -0.39 is 0 Å². The Labute approximate surface area is 138 Å². The number of nitriles is 1. The van der Waals surface area contributed by atoms with E-state index in [1.54, 1.807) is 17.4 Å². The topological polar surface area (TPSA) is 98.6 Å². The van der Waals surface area contributed by atoms with E-state index in [2.05, 4.69) is 19.9 Å². The van der Waals surface area contributed by atoms with E-state index in [0.717, 1.165) is 40.5 Å². The van der Waals surface area contributed by atoms with Crippen LogP contribution in [0.25, 0.3) is 21.9 Å². The second-order valence-electron chi connectivity index (χ2n) is 6.03. The Kier molecular flexibility index (Phi) is 3.58. The van der Waals surface area contributed by atoms with Gasteiger partial charge in [0, 0.05) is 36.0 Å². The first kappa shape index (κ1) is 14.6. The molecule has 1 aliphatic rings. The molecule has 1 amide bonds. The van der Waals surface area contributed by atoms with Crippen molar-refractivity contribution in [2.24, 2.45) is 0 Å². The lowest BCUT2D eigenvalue weighted by molar-refractivity contribution is -0.131.